The molecule has 1 atom stereocenters. The van der Waals surface area contributed by atoms with Crippen molar-refractivity contribution in [2.24, 2.45) is 5.92 Å². The first-order chi connectivity index (χ1) is 19.8. The number of carbonyl (C=O) groups is 1. The van der Waals surface area contributed by atoms with Gasteiger partial charge in [0.05, 0.1) is 36.7 Å². The quantitative estimate of drug-likeness (QED) is 0.200. The summed E-state index contributed by atoms with van der Waals surface area (Å²) >= 11 is 12.3. The number of Topliss-reactive ketones (excluding diaryl/α,β-unsaturated/α-hetero) is 1. The Morgan fingerprint density at radius 3 is 2.61 bits per heavy atom. The molecule has 0 bridgehead atoms. The number of nitrogens with zero attached hydrogens (tertiary/aromatic N) is 6. The van der Waals surface area contributed by atoms with Crippen LogP contribution in [0.1, 0.15) is 37.8 Å². The molecule has 1 saturated carbocycles. The van der Waals surface area contributed by atoms with Crippen molar-refractivity contribution in [2.75, 3.05) is 7.11 Å². The largest absolute Gasteiger partial charge is 0.495 e. The van der Waals surface area contributed by atoms with Crippen LogP contribution in [-0.2, 0) is 17.8 Å². The molecule has 41 heavy (non-hydrogen) atoms. The number of fused-ring (bicyclic) bond motifs is 1. The van der Waals surface area contributed by atoms with Gasteiger partial charge < -0.3 is 9.30 Å². The standard InChI is InChI=1S/C30H28Cl2N6O3/c1-3-25(27(39)11-19-6-8-24-20(10-19)15-36(34-24)14-18-4-5-18)37-16-28(41-2)23(13-30(37)40)22-12-21(31)7-9-26(22)38-17-29(32)33-35-38/h6-10,12-13,15-18,25H,3-5,11,14H2,1-2H3. The number of methoxy groups -OCH3 is 1. The van der Waals surface area contributed by atoms with Crippen LogP contribution in [0, 0.1) is 5.92 Å². The molecule has 210 valence electrons. The third-order valence-electron chi connectivity index (χ3n) is 7.46. The van der Waals surface area contributed by atoms with Crippen molar-refractivity contribution in [3.8, 4) is 22.6 Å². The Kier molecular flexibility index (Phi) is 7.40. The molecule has 5 aromatic rings. The maximum absolute atomic E-state index is 13.6. The first kappa shape index (κ1) is 27.2. The zero-order valence-corrected chi connectivity index (χ0v) is 24.1. The minimum absolute atomic E-state index is 0.0603. The van der Waals surface area contributed by atoms with Crippen molar-refractivity contribution in [1.82, 2.24) is 29.3 Å². The fourth-order valence-electron chi connectivity index (χ4n) is 5.22. The molecule has 9 nitrogen and oxygen atoms in total. The van der Waals surface area contributed by atoms with Gasteiger partial charge in [-0.3, -0.25) is 14.3 Å². The molecule has 0 radical (unpaired) electrons. The van der Waals surface area contributed by atoms with E-state index in [4.69, 9.17) is 27.9 Å². The van der Waals surface area contributed by atoms with E-state index in [9.17, 15) is 9.59 Å². The molecule has 0 aliphatic heterocycles. The zero-order chi connectivity index (χ0) is 28.7. The third-order valence-corrected chi connectivity index (χ3v) is 7.86. The first-order valence-electron chi connectivity index (χ1n) is 13.5. The molecule has 0 amide bonds. The second-order valence-electron chi connectivity index (χ2n) is 10.4. The highest BCUT2D eigenvalue weighted by molar-refractivity contribution is 6.31. The Labute approximate surface area is 246 Å². The topological polar surface area (TPSA) is 96.8 Å². The van der Waals surface area contributed by atoms with Gasteiger partial charge in [-0.15, -0.1) is 5.10 Å². The highest BCUT2D eigenvalue weighted by atomic mass is 35.5. The Morgan fingerprint density at radius 2 is 1.90 bits per heavy atom. The summed E-state index contributed by atoms with van der Waals surface area (Å²) in [7, 11) is 1.52. The van der Waals surface area contributed by atoms with Gasteiger partial charge >= 0.3 is 0 Å². The Morgan fingerprint density at radius 1 is 1.07 bits per heavy atom. The van der Waals surface area contributed by atoms with E-state index in [-0.39, 0.29) is 22.9 Å². The number of ether oxygens (including phenoxy) is 1. The minimum Gasteiger partial charge on any atom is -0.495 e. The molecular weight excluding hydrogens is 563 g/mol. The Bertz CT molecular complexity index is 1820. The lowest BCUT2D eigenvalue weighted by Crippen LogP contribution is -2.30. The zero-order valence-electron chi connectivity index (χ0n) is 22.6. The number of pyridine rings is 1. The summed E-state index contributed by atoms with van der Waals surface area (Å²) in [5.74, 6) is 1.08. The van der Waals surface area contributed by atoms with Gasteiger partial charge in [-0.1, -0.05) is 41.4 Å². The number of hydrogen-bond acceptors (Lipinski definition) is 6. The fraction of sp³-hybridized carbons (Fsp3) is 0.300. The van der Waals surface area contributed by atoms with Gasteiger partial charge in [0.25, 0.3) is 5.56 Å². The van der Waals surface area contributed by atoms with Crippen LogP contribution in [-0.4, -0.2) is 42.2 Å². The fourth-order valence-corrected chi connectivity index (χ4v) is 5.52. The van der Waals surface area contributed by atoms with E-state index in [1.54, 1.807) is 30.6 Å². The van der Waals surface area contributed by atoms with E-state index in [1.807, 2.05) is 36.0 Å². The van der Waals surface area contributed by atoms with Crippen LogP contribution in [0.25, 0.3) is 27.7 Å². The van der Waals surface area contributed by atoms with Crippen molar-refractivity contribution in [1.29, 1.82) is 0 Å². The number of benzene rings is 2. The van der Waals surface area contributed by atoms with Crippen LogP contribution < -0.4 is 10.3 Å². The van der Waals surface area contributed by atoms with Crippen LogP contribution in [0.5, 0.6) is 5.75 Å². The molecule has 1 unspecified atom stereocenters. The molecule has 11 heteroatoms. The number of rotatable bonds is 10. The van der Waals surface area contributed by atoms with Crippen molar-refractivity contribution < 1.29 is 9.53 Å². The summed E-state index contributed by atoms with van der Waals surface area (Å²) in [4.78, 5) is 27.1. The van der Waals surface area contributed by atoms with E-state index < -0.39 is 6.04 Å². The first-order valence-corrected chi connectivity index (χ1v) is 14.3. The third kappa shape index (κ3) is 5.64. The van der Waals surface area contributed by atoms with Gasteiger partial charge in [-0.25, -0.2) is 4.68 Å². The molecule has 1 aliphatic rings. The predicted octanol–water partition coefficient (Wildman–Crippen LogP) is 5.93. The second-order valence-corrected chi connectivity index (χ2v) is 11.2. The van der Waals surface area contributed by atoms with E-state index in [0.717, 1.165) is 28.9 Å². The number of carbonyl (C=O) groups excluding carboxylic acids is 1. The SMILES string of the molecule is CCC(C(=O)Cc1ccc2nn(CC3CC3)cc2c1)n1cc(OC)c(-c2cc(Cl)ccc2-n2cc(Cl)nn2)cc1=O. The smallest absolute Gasteiger partial charge is 0.252 e. The highest BCUT2D eigenvalue weighted by Gasteiger charge is 2.24. The number of ketones is 1. The van der Waals surface area contributed by atoms with E-state index in [0.29, 0.717) is 34.0 Å². The molecule has 2 aromatic carbocycles. The van der Waals surface area contributed by atoms with Crippen molar-refractivity contribution in [3.63, 3.8) is 0 Å². The molecule has 0 saturated heterocycles. The van der Waals surface area contributed by atoms with Crippen molar-refractivity contribution in [2.45, 2.75) is 45.2 Å². The Balaban J connectivity index is 1.31. The maximum Gasteiger partial charge on any atom is 0.252 e. The van der Waals surface area contributed by atoms with Gasteiger partial charge in [-0.2, -0.15) is 5.10 Å². The molecule has 3 heterocycles. The van der Waals surface area contributed by atoms with Gasteiger partial charge in [0.1, 0.15) is 5.75 Å². The number of aromatic nitrogens is 6. The van der Waals surface area contributed by atoms with Crippen molar-refractivity contribution in [3.05, 3.63) is 87.1 Å². The average molecular weight is 591 g/mol. The van der Waals surface area contributed by atoms with E-state index >= 15 is 0 Å². The van der Waals surface area contributed by atoms with Gasteiger partial charge in [0.15, 0.2) is 10.9 Å². The van der Waals surface area contributed by atoms with E-state index in [1.165, 1.54) is 35.3 Å². The van der Waals surface area contributed by atoms with Crippen LogP contribution >= 0.6 is 23.2 Å². The lowest BCUT2D eigenvalue weighted by Gasteiger charge is -2.20. The van der Waals surface area contributed by atoms with Gasteiger partial charge in [0.2, 0.25) is 0 Å². The van der Waals surface area contributed by atoms with Crippen LogP contribution in [0.15, 0.2) is 65.8 Å². The highest BCUT2D eigenvalue weighted by Crippen LogP contribution is 2.36. The number of hydrogen-bond donors (Lipinski definition) is 0. The van der Waals surface area contributed by atoms with Crippen LogP contribution in [0.4, 0.5) is 0 Å². The maximum atomic E-state index is 13.6. The summed E-state index contributed by atoms with van der Waals surface area (Å²) in [6.07, 6.45) is 8.36. The normalized spacial score (nSPS) is 14.0. The van der Waals surface area contributed by atoms with Crippen LogP contribution in [0.3, 0.4) is 0 Å². The monoisotopic (exact) mass is 590 g/mol. The van der Waals surface area contributed by atoms with Crippen LogP contribution in [0.2, 0.25) is 10.2 Å². The predicted molar refractivity (Wildman–Crippen MR) is 158 cm³/mol. The van der Waals surface area contributed by atoms with E-state index in [2.05, 4.69) is 15.4 Å². The molecule has 0 N–H and O–H groups in total. The average Bonchev–Trinajstić information content (AvgIpc) is 3.51. The summed E-state index contributed by atoms with van der Waals surface area (Å²) in [6.45, 7) is 2.83. The molecule has 3 aromatic heterocycles. The summed E-state index contributed by atoms with van der Waals surface area (Å²) in [5.41, 5.74) is 3.20. The summed E-state index contributed by atoms with van der Waals surface area (Å²) in [5, 5.41) is 14.3. The minimum atomic E-state index is -0.660. The van der Waals surface area contributed by atoms with Gasteiger partial charge in [0, 0.05) is 46.8 Å². The number of halogens is 2. The summed E-state index contributed by atoms with van der Waals surface area (Å²) < 4.78 is 10.7. The lowest BCUT2D eigenvalue weighted by atomic mass is 9.99. The van der Waals surface area contributed by atoms with Crippen molar-refractivity contribution >= 4 is 39.9 Å². The molecule has 6 rings (SSSR count). The molecule has 1 fully saturated rings. The second kappa shape index (κ2) is 11.1. The molecule has 1 aliphatic carbocycles. The molecular formula is C30H28Cl2N6O3. The lowest BCUT2D eigenvalue weighted by molar-refractivity contribution is -0.121. The van der Waals surface area contributed by atoms with Gasteiger partial charge in [-0.05, 0) is 61.1 Å². The summed E-state index contributed by atoms with van der Waals surface area (Å²) in [6, 6.07) is 11.9. The molecule has 0 spiro atoms. The Hall–Kier alpha value is -3.95.